The Morgan fingerprint density at radius 2 is 2.31 bits per heavy atom. The van der Waals surface area contributed by atoms with Crippen LogP contribution in [0.4, 0.5) is 0 Å². The lowest BCUT2D eigenvalue weighted by Crippen LogP contribution is -2.37. The predicted molar refractivity (Wildman–Crippen MR) is 58.9 cm³/mol. The van der Waals surface area contributed by atoms with Crippen LogP contribution < -0.4 is 5.32 Å². The molecule has 2 N–H and O–H groups in total. The highest BCUT2D eigenvalue weighted by Gasteiger charge is 2.20. The Morgan fingerprint density at radius 1 is 1.56 bits per heavy atom. The van der Waals surface area contributed by atoms with Gasteiger partial charge in [-0.1, -0.05) is 0 Å². The summed E-state index contributed by atoms with van der Waals surface area (Å²) < 4.78 is 0. The van der Waals surface area contributed by atoms with Gasteiger partial charge in [-0.2, -0.15) is 15.4 Å². The number of H-pyrrole nitrogens is 1. The topological polar surface area (TPSA) is 73.9 Å². The van der Waals surface area contributed by atoms with Gasteiger partial charge >= 0.3 is 0 Å². The van der Waals surface area contributed by atoms with Crippen LogP contribution in [0.25, 0.3) is 0 Å². The van der Waals surface area contributed by atoms with Crippen molar-refractivity contribution in [3.63, 3.8) is 0 Å². The molecule has 0 aromatic carbocycles. The zero-order valence-electron chi connectivity index (χ0n) is 9.44. The Labute approximate surface area is 94.4 Å². The molecule has 0 spiro atoms. The zero-order chi connectivity index (χ0) is 11.4. The molecule has 6 heteroatoms. The lowest BCUT2D eigenvalue weighted by Gasteiger charge is -2.27. The second kappa shape index (κ2) is 5.07. The molecule has 0 unspecified atom stereocenters. The van der Waals surface area contributed by atoms with Gasteiger partial charge in [0.15, 0.2) is 5.69 Å². The average molecular weight is 223 g/mol. The molecular formula is C10H17N5O. The van der Waals surface area contributed by atoms with Crippen molar-refractivity contribution >= 4 is 5.91 Å². The van der Waals surface area contributed by atoms with E-state index < -0.39 is 0 Å². The summed E-state index contributed by atoms with van der Waals surface area (Å²) in [6, 6.07) is 0. The van der Waals surface area contributed by atoms with Crippen molar-refractivity contribution in [2.75, 3.05) is 26.7 Å². The van der Waals surface area contributed by atoms with E-state index in [0.717, 1.165) is 32.5 Å². The minimum Gasteiger partial charge on any atom is -0.340 e. The number of hydrogen-bond acceptors (Lipinski definition) is 4. The number of rotatable bonds is 3. The number of aromatic amines is 1. The fourth-order valence-corrected chi connectivity index (χ4v) is 2.03. The van der Waals surface area contributed by atoms with Gasteiger partial charge in [-0.15, -0.1) is 0 Å². The van der Waals surface area contributed by atoms with Crippen LogP contribution in [0.2, 0.25) is 0 Å². The smallest absolute Gasteiger partial charge is 0.275 e. The van der Waals surface area contributed by atoms with E-state index in [1.807, 2.05) is 7.05 Å². The third-order valence-corrected chi connectivity index (χ3v) is 2.97. The second-order valence-corrected chi connectivity index (χ2v) is 4.23. The summed E-state index contributed by atoms with van der Waals surface area (Å²) in [6.07, 6.45) is 3.73. The molecule has 1 aliphatic rings. The van der Waals surface area contributed by atoms with Crippen molar-refractivity contribution in [1.82, 2.24) is 25.6 Å². The molecule has 6 nitrogen and oxygen atoms in total. The number of hydrogen-bond donors (Lipinski definition) is 2. The van der Waals surface area contributed by atoms with E-state index in [2.05, 4.69) is 20.7 Å². The number of nitrogens with one attached hydrogen (secondary N) is 2. The Morgan fingerprint density at radius 3 is 2.94 bits per heavy atom. The summed E-state index contributed by atoms with van der Waals surface area (Å²) in [5.74, 6) is 0.536. The first-order valence-corrected chi connectivity index (χ1v) is 5.59. The second-order valence-electron chi connectivity index (χ2n) is 4.23. The molecule has 0 bridgehead atoms. The van der Waals surface area contributed by atoms with Crippen molar-refractivity contribution in [3.8, 4) is 0 Å². The van der Waals surface area contributed by atoms with Crippen molar-refractivity contribution in [3.05, 3.63) is 11.9 Å². The van der Waals surface area contributed by atoms with Gasteiger partial charge in [0.05, 0.1) is 6.20 Å². The van der Waals surface area contributed by atoms with Crippen LogP contribution in [0.5, 0.6) is 0 Å². The van der Waals surface area contributed by atoms with Gasteiger partial charge in [-0.25, -0.2) is 0 Å². The predicted octanol–water partition coefficient (Wildman–Crippen LogP) is -0.124. The first kappa shape index (κ1) is 11.1. The maximum atomic E-state index is 11.9. The van der Waals surface area contributed by atoms with Gasteiger partial charge in [-0.3, -0.25) is 4.79 Å². The molecule has 2 rings (SSSR count). The molecule has 0 atom stereocenters. The van der Waals surface area contributed by atoms with Crippen LogP contribution in [0, 0.1) is 5.92 Å². The van der Waals surface area contributed by atoms with Crippen LogP contribution in [0.1, 0.15) is 23.3 Å². The SMILES string of the molecule is CN(CC1CCNCC1)C(=O)c1cn[nH]n1. The molecule has 1 saturated heterocycles. The molecular weight excluding hydrogens is 206 g/mol. The van der Waals surface area contributed by atoms with Crippen LogP contribution in [-0.4, -0.2) is 52.9 Å². The molecule has 88 valence electrons. The Balaban J connectivity index is 1.87. The highest BCUT2D eigenvalue weighted by Crippen LogP contribution is 2.13. The highest BCUT2D eigenvalue weighted by molar-refractivity contribution is 5.91. The van der Waals surface area contributed by atoms with Gasteiger partial charge in [0, 0.05) is 13.6 Å². The first-order chi connectivity index (χ1) is 7.77. The monoisotopic (exact) mass is 223 g/mol. The maximum absolute atomic E-state index is 11.9. The van der Waals surface area contributed by atoms with E-state index in [9.17, 15) is 4.79 Å². The van der Waals surface area contributed by atoms with Crippen LogP contribution in [-0.2, 0) is 0 Å². The van der Waals surface area contributed by atoms with E-state index in [4.69, 9.17) is 0 Å². The molecule has 1 amide bonds. The zero-order valence-corrected chi connectivity index (χ0v) is 9.44. The molecule has 0 saturated carbocycles. The molecule has 1 aliphatic heterocycles. The number of amides is 1. The summed E-state index contributed by atoms with van der Waals surface area (Å²) in [4.78, 5) is 13.6. The largest absolute Gasteiger partial charge is 0.340 e. The Kier molecular flexibility index (Phi) is 3.51. The van der Waals surface area contributed by atoms with Crippen LogP contribution >= 0.6 is 0 Å². The Bertz CT molecular complexity index is 331. The number of carbonyl (C=O) groups excluding carboxylic acids is 1. The van der Waals surface area contributed by atoms with Crippen molar-refractivity contribution in [1.29, 1.82) is 0 Å². The highest BCUT2D eigenvalue weighted by atomic mass is 16.2. The molecule has 0 aliphatic carbocycles. The molecule has 1 aromatic rings. The van der Waals surface area contributed by atoms with E-state index in [1.54, 1.807) is 4.90 Å². The molecule has 2 heterocycles. The molecule has 1 fully saturated rings. The maximum Gasteiger partial charge on any atom is 0.275 e. The van der Waals surface area contributed by atoms with Gasteiger partial charge in [0.25, 0.3) is 5.91 Å². The summed E-state index contributed by atoms with van der Waals surface area (Å²) in [5.41, 5.74) is 0.386. The van der Waals surface area contributed by atoms with E-state index in [1.165, 1.54) is 6.20 Å². The fraction of sp³-hybridized carbons (Fsp3) is 0.700. The first-order valence-electron chi connectivity index (χ1n) is 5.59. The van der Waals surface area contributed by atoms with Crippen molar-refractivity contribution < 1.29 is 4.79 Å². The summed E-state index contributed by atoms with van der Waals surface area (Å²) in [6.45, 7) is 2.90. The normalized spacial score (nSPS) is 17.3. The summed E-state index contributed by atoms with van der Waals surface area (Å²) in [7, 11) is 1.82. The van der Waals surface area contributed by atoms with Crippen molar-refractivity contribution in [2.45, 2.75) is 12.8 Å². The molecule has 1 aromatic heterocycles. The van der Waals surface area contributed by atoms with E-state index >= 15 is 0 Å². The number of nitrogens with zero attached hydrogens (tertiary/aromatic N) is 3. The number of carbonyl (C=O) groups is 1. The molecule has 0 radical (unpaired) electrons. The third-order valence-electron chi connectivity index (χ3n) is 2.97. The summed E-state index contributed by atoms with van der Waals surface area (Å²) in [5, 5.41) is 13.2. The van der Waals surface area contributed by atoms with Gasteiger partial charge in [-0.05, 0) is 31.8 Å². The lowest BCUT2D eigenvalue weighted by molar-refractivity contribution is 0.0757. The quantitative estimate of drug-likeness (QED) is 0.749. The van der Waals surface area contributed by atoms with E-state index in [0.29, 0.717) is 11.6 Å². The van der Waals surface area contributed by atoms with E-state index in [-0.39, 0.29) is 5.91 Å². The van der Waals surface area contributed by atoms with Crippen LogP contribution in [0.15, 0.2) is 6.20 Å². The minimum atomic E-state index is -0.0627. The minimum absolute atomic E-state index is 0.0627. The van der Waals surface area contributed by atoms with Gasteiger partial charge < -0.3 is 10.2 Å². The van der Waals surface area contributed by atoms with Crippen molar-refractivity contribution in [2.24, 2.45) is 5.92 Å². The van der Waals surface area contributed by atoms with Crippen LogP contribution in [0.3, 0.4) is 0 Å². The third kappa shape index (κ3) is 2.57. The average Bonchev–Trinajstić information content (AvgIpc) is 2.83. The summed E-state index contributed by atoms with van der Waals surface area (Å²) >= 11 is 0. The van der Waals surface area contributed by atoms with Gasteiger partial charge in [0.2, 0.25) is 0 Å². The fourth-order valence-electron chi connectivity index (χ4n) is 2.03. The lowest BCUT2D eigenvalue weighted by atomic mass is 9.97. The number of aromatic nitrogens is 3. The molecule has 16 heavy (non-hydrogen) atoms. The van der Waals surface area contributed by atoms with Gasteiger partial charge in [0.1, 0.15) is 0 Å². The standard InChI is InChI=1S/C10H17N5O/c1-15(7-8-2-4-11-5-3-8)10(16)9-6-12-14-13-9/h6,8,11H,2-5,7H2,1H3,(H,12,13,14). The number of piperidine rings is 1. The Hall–Kier alpha value is -1.43.